The Balaban J connectivity index is 3.01. The third kappa shape index (κ3) is 20.1. The van der Waals surface area contributed by atoms with Gasteiger partial charge in [0, 0.05) is 11.9 Å². The van der Waals surface area contributed by atoms with Crippen LogP contribution in [0.1, 0.15) is 77.6 Å². The molecule has 21 heavy (non-hydrogen) atoms. The van der Waals surface area contributed by atoms with Gasteiger partial charge in [-0.3, -0.25) is 0 Å². The molecule has 0 aromatic rings. The van der Waals surface area contributed by atoms with E-state index < -0.39 is 0 Å². The minimum atomic E-state index is 0.453. The van der Waals surface area contributed by atoms with E-state index >= 15 is 0 Å². The predicted octanol–water partition coefficient (Wildman–Crippen LogP) is 6.24. The minimum absolute atomic E-state index is 0.453. The van der Waals surface area contributed by atoms with E-state index in [0.29, 0.717) is 6.79 Å². The lowest BCUT2D eigenvalue weighted by atomic mass is 10.1. The van der Waals surface area contributed by atoms with Crippen LogP contribution in [0, 0.1) is 0 Å². The number of hydrogen-bond donors (Lipinski definition) is 0. The van der Waals surface area contributed by atoms with Crippen LogP contribution in [0.3, 0.4) is 0 Å². The van der Waals surface area contributed by atoms with Gasteiger partial charge in [-0.05, 0) is 32.1 Å². The van der Waals surface area contributed by atoms with E-state index in [-0.39, 0.29) is 0 Å². The van der Waals surface area contributed by atoms with Gasteiger partial charge in [0.05, 0.1) is 6.61 Å². The highest BCUT2D eigenvalue weighted by atomic mass is 79.9. The van der Waals surface area contributed by atoms with Crippen molar-refractivity contribution in [2.24, 2.45) is 0 Å². The highest BCUT2D eigenvalue weighted by molar-refractivity contribution is 9.09. The molecule has 0 unspecified atom stereocenters. The molecule has 0 aromatic heterocycles. The van der Waals surface area contributed by atoms with Gasteiger partial charge in [-0.25, -0.2) is 0 Å². The monoisotopic (exact) mass is 362 g/mol. The molecule has 0 radical (unpaired) electrons. The Bertz CT molecular complexity index is 207. The number of alkyl halides is 1. The van der Waals surface area contributed by atoms with Crippen molar-refractivity contribution in [2.75, 3.05) is 25.3 Å². The molecule has 0 N–H and O–H groups in total. The summed E-state index contributed by atoms with van der Waals surface area (Å²) in [6.07, 6.45) is 18.5. The fourth-order valence-electron chi connectivity index (χ4n) is 2.08. The molecule has 0 aliphatic carbocycles. The molecule has 0 atom stereocenters. The number of rotatable bonds is 17. The normalized spacial score (nSPS) is 11.5. The lowest BCUT2D eigenvalue weighted by molar-refractivity contribution is -0.0531. The maximum absolute atomic E-state index is 5.45. The fourth-order valence-corrected chi connectivity index (χ4v) is 2.48. The van der Waals surface area contributed by atoms with Gasteiger partial charge in [0.15, 0.2) is 0 Å². The second-order valence-corrected chi connectivity index (χ2v) is 6.29. The maximum atomic E-state index is 5.45. The Labute approximate surface area is 140 Å². The summed E-state index contributed by atoms with van der Waals surface area (Å²) in [6, 6.07) is 0. The lowest BCUT2D eigenvalue weighted by Crippen LogP contribution is -2.02. The summed E-state index contributed by atoms with van der Waals surface area (Å²) in [7, 11) is 0. The van der Waals surface area contributed by atoms with Crippen molar-refractivity contribution in [3.8, 4) is 0 Å². The predicted molar refractivity (Wildman–Crippen MR) is 96.2 cm³/mol. The van der Waals surface area contributed by atoms with Crippen molar-refractivity contribution in [3.63, 3.8) is 0 Å². The van der Waals surface area contributed by atoms with Crippen LogP contribution in [0.25, 0.3) is 0 Å². The summed E-state index contributed by atoms with van der Waals surface area (Å²) in [5.74, 6) is 0. The number of ether oxygens (including phenoxy) is 2. The van der Waals surface area contributed by atoms with Crippen molar-refractivity contribution in [1.82, 2.24) is 0 Å². The molecule has 0 amide bonds. The van der Waals surface area contributed by atoms with Gasteiger partial charge in [-0.1, -0.05) is 73.5 Å². The summed E-state index contributed by atoms with van der Waals surface area (Å²) >= 11 is 3.46. The number of unbranched alkanes of at least 4 members (excludes halogenated alkanes) is 8. The molecule has 0 aliphatic heterocycles. The zero-order valence-electron chi connectivity index (χ0n) is 14.0. The third-order valence-electron chi connectivity index (χ3n) is 3.41. The molecule has 0 fully saturated rings. The van der Waals surface area contributed by atoms with Gasteiger partial charge in [0.1, 0.15) is 6.79 Å². The molecule has 0 spiro atoms. The average Bonchev–Trinajstić information content (AvgIpc) is 2.50. The topological polar surface area (TPSA) is 18.5 Å². The molecule has 0 heterocycles. The summed E-state index contributed by atoms with van der Waals surface area (Å²) in [4.78, 5) is 0. The van der Waals surface area contributed by atoms with Crippen molar-refractivity contribution < 1.29 is 9.47 Å². The molecule has 0 aliphatic rings. The first-order chi connectivity index (χ1) is 10.4. The lowest BCUT2D eigenvalue weighted by Gasteiger charge is -2.04. The van der Waals surface area contributed by atoms with E-state index in [1.165, 1.54) is 64.2 Å². The van der Waals surface area contributed by atoms with E-state index in [1.54, 1.807) is 0 Å². The highest BCUT2D eigenvalue weighted by Crippen LogP contribution is 2.05. The molecular weight excluding hydrogens is 328 g/mol. The molecule has 126 valence electrons. The zero-order valence-corrected chi connectivity index (χ0v) is 15.5. The van der Waals surface area contributed by atoms with Crippen LogP contribution < -0.4 is 0 Å². The quantitative estimate of drug-likeness (QED) is 0.132. The third-order valence-corrected chi connectivity index (χ3v) is 3.97. The first-order valence-electron chi connectivity index (χ1n) is 8.78. The minimum Gasteiger partial charge on any atom is -0.355 e. The van der Waals surface area contributed by atoms with Gasteiger partial charge in [0.2, 0.25) is 0 Å². The number of hydrogen-bond acceptors (Lipinski definition) is 2. The van der Waals surface area contributed by atoms with E-state index in [2.05, 4.69) is 35.0 Å². The first kappa shape index (κ1) is 21.1. The van der Waals surface area contributed by atoms with Gasteiger partial charge in [-0.2, -0.15) is 0 Å². The Morgan fingerprint density at radius 2 is 1.38 bits per heavy atom. The Morgan fingerprint density at radius 3 is 2.19 bits per heavy atom. The van der Waals surface area contributed by atoms with Gasteiger partial charge >= 0.3 is 0 Å². The van der Waals surface area contributed by atoms with Crippen molar-refractivity contribution in [3.05, 3.63) is 12.2 Å². The molecule has 3 heteroatoms. The summed E-state index contributed by atoms with van der Waals surface area (Å²) in [5, 5.41) is 1.14. The van der Waals surface area contributed by atoms with Crippen LogP contribution in [-0.4, -0.2) is 25.3 Å². The van der Waals surface area contributed by atoms with Crippen molar-refractivity contribution in [2.45, 2.75) is 77.6 Å². The van der Waals surface area contributed by atoms with E-state index in [9.17, 15) is 0 Å². The largest absolute Gasteiger partial charge is 0.355 e. The second kappa shape index (κ2) is 20.1. The molecule has 0 saturated carbocycles. The maximum Gasteiger partial charge on any atom is 0.146 e. The first-order valence-corrected chi connectivity index (χ1v) is 9.90. The second-order valence-electron chi connectivity index (χ2n) is 5.50. The van der Waals surface area contributed by atoms with E-state index in [4.69, 9.17) is 9.47 Å². The molecule has 0 saturated heterocycles. The van der Waals surface area contributed by atoms with Crippen LogP contribution in [0.4, 0.5) is 0 Å². The SMILES string of the molecule is CCCCCCCOCOCCC=CCCCCCCBr. The molecule has 0 bridgehead atoms. The summed E-state index contributed by atoms with van der Waals surface area (Å²) < 4.78 is 10.9. The van der Waals surface area contributed by atoms with Crippen molar-refractivity contribution >= 4 is 15.9 Å². The standard InChI is InChI=1S/C18H35BrO2/c1-2-3-4-10-13-16-20-18-21-17-14-11-8-6-5-7-9-12-15-19/h8,11H,2-7,9-10,12-18H2,1H3. The Morgan fingerprint density at radius 1 is 0.714 bits per heavy atom. The Hall–Kier alpha value is 0.140. The molecule has 0 rings (SSSR count). The molecular formula is C18H35BrO2. The van der Waals surface area contributed by atoms with E-state index in [0.717, 1.165) is 25.0 Å². The van der Waals surface area contributed by atoms with Crippen LogP contribution in [-0.2, 0) is 9.47 Å². The summed E-state index contributed by atoms with van der Waals surface area (Å²) in [5.41, 5.74) is 0. The van der Waals surface area contributed by atoms with Crippen LogP contribution in [0.2, 0.25) is 0 Å². The van der Waals surface area contributed by atoms with Gasteiger partial charge in [-0.15, -0.1) is 0 Å². The smallest absolute Gasteiger partial charge is 0.146 e. The molecule has 0 aromatic carbocycles. The van der Waals surface area contributed by atoms with Gasteiger partial charge in [0.25, 0.3) is 0 Å². The molecule has 2 nitrogen and oxygen atoms in total. The zero-order chi connectivity index (χ0) is 15.4. The summed E-state index contributed by atoms with van der Waals surface area (Å²) in [6.45, 7) is 4.31. The number of halogens is 1. The van der Waals surface area contributed by atoms with Crippen LogP contribution in [0.15, 0.2) is 12.2 Å². The highest BCUT2D eigenvalue weighted by Gasteiger charge is 1.91. The number of allylic oxidation sites excluding steroid dienone is 1. The van der Waals surface area contributed by atoms with Crippen LogP contribution >= 0.6 is 15.9 Å². The Kier molecular flexibility index (Phi) is 20.3. The fraction of sp³-hybridized carbons (Fsp3) is 0.889. The van der Waals surface area contributed by atoms with Crippen molar-refractivity contribution in [1.29, 1.82) is 0 Å². The van der Waals surface area contributed by atoms with Crippen LogP contribution in [0.5, 0.6) is 0 Å². The average molecular weight is 363 g/mol. The van der Waals surface area contributed by atoms with E-state index in [1.807, 2.05) is 0 Å². The van der Waals surface area contributed by atoms with Gasteiger partial charge < -0.3 is 9.47 Å².